The normalized spacial score (nSPS) is 26.6. The molecule has 4 atom stereocenters. The second-order valence-electron chi connectivity index (χ2n) is 10.3. The van der Waals surface area contributed by atoms with Crippen LogP contribution in [0.25, 0.3) is 43.6 Å². The van der Waals surface area contributed by atoms with E-state index in [1.165, 1.54) is 6.92 Å². The van der Waals surface area contributed by atoms with Crippen LogP contribution in [0.2, 0.25) is 0 Å². The van der Waals surface area contributed by atoms with Gasteiger partial charge in [-0.25, -0.2) is 0 Å². The third kappa shape index (κ3) is 2.18. The topological polar surface area (TPSA) is 97.5 Å². The predicted molar refractivity (Wildman–Crippen MR) is 136 cm³/mol. The number of para-hydroxylation sites is 2. The molecule has 5 heterocycles. The van der Waals surface area contributed by atoms with Gasteiger partial charge in [0.25, 0.3) is 5.91 Å². The number of benzene rings is 3. The number of carbonyl (C=O) groups excluding carboxylic acids is 2. The van der Waals surface area contributed by atoms with Crippen LogP contribution in [-0.2, 0) is 21.8 Å². The lowest BCUT2D eigenvalue weighted by molar-refractivity contribution is -0.249. The van der Waals surface area contributed by atoms with E-state index in [-0.39, 0.29) is 11.8 Å². The van der Waals surface area contributed by atoms with E-state index in [2.05, 4.69) is 38.0 Å². The number of rotatable bonds is 1. The Morgan fingerprint density at radius 1 is 1.08 bits per heavy atom. The SMILES string of the molecule is CC(=O)N[C@H]1CC2O[C@@](C)([C@@H]1O)n1c3ccccc3c3c4c(c5c6ccccc6n2c5c31)C(=O)NC4. The van der Waals surface area contributed by atoms with Crippen LogP contribution in [0.5, 0.6) is 0 Å². The Morgan fingerprint density at radius 3 is 2.53 bits per heavy atom. The first-order valence-corrected chi connectivity index (χ1v) is 12.3. The number of fused-ring (bicyclic) bond motifs is 13. The second kappa shape index (κ2) is 6.46. The average molecular weight is 481 g/mol. The first-order chi connectivity index (χ1) is 17.4. The van der Waals surface area contributed by atoms with Crippen molar-refractivity contribution in [1.29, 1.82) is 0 Å². The van der Waals surface area contributed by atoms with Crippen molar-refractivity contribution < 1.29 is 19.4 Å². The van der Waals surface area contributed by atoms with E-state index in [0.717, 1.165) is 54.7 Å². The van der Waals surface area contributed by atoms with Crippen LogP contribution >= 0.6 is 0 Å². The molecule has 2 aromatic heterocycles. The number of hydrogen-bond acceptors (Lipinski definition) is 4. The maximum atomic E-state index is 13.3. The van der Waals surface area contributed by atoms with E-state index >= 15 is 0 Å². The van der Waals surface area contributed by atoms with Crippen molar-refractivity contribution >= 4 is 55.4 Å². The van der Waals surface area contributed by atoms with Crippen molar-refractivity contribution in [3.05, 3.63) is 59.7 Å². The third-order valence-corrected chi connectivity index (χ3v) is 8.40. The standard InChI is InChI=1S/C28H24N4O4/c1-13(33)30-17-11-20-31-18-9-5-3-7-14(18)22-23-16(12-29-27(23)35)21-15-8-4-6-10-19(15)32(25(21)24(22)31)28(2,36-20)26(17)34/h3-10,17,20,26,34H,11-12H2,1-2H3,(H,29,35)(H,30,33)/t17-,20?,26+,28-/m0/s1. The summed E-state index contributed by atoms with van der Waals surface area (Å²) in [6.07, 6.45) is -1.05. The fourth-order valence-electron chi connectivity index (χ4n) is 7.09. The Bertz CT molecular complexity index is 1830. The molecule has 8 nitrogen and oxygen atoms in total. The van der Waals surface area contributed by atoms with Gasteiger partial charge in [-0.2, -0.15) is 0 Å². The minimum absolute atomic E-state index is 0.0675. The summed E-state index contributed by atoms with van der Waals surface area (Å²) in [5.41, 5.74) is 4.31. The molecule has 36 heavy (non-hydrogen) atoms. The van der Waals surface area contributed by atoms with Gasteiger partial charge < -0.3 is 29.6 Å². The van der Waals surface area contributed by atoms with Crippen LogP contribution < -0.4 is 10.6 Å². The minimum atomic E-state index is -1.16. The molecule has 0 aliphatic carbocycles. The molecule has 0 spiro atoms. The zero-order valence-corrected chi connectivity index (χ0v) is 19.8. The fourth-order valence-corrected chi connectivity index (χ4v) is 7.09. The summed E-state index contributed by atoms with van der Waals surface area (Å²) in [5.74, 6) is -0.262. The number of nitrogens with zero attached hydrogens (tertiary/aromatic N) is 2. The van der Waals surface area contributed by atoms with Gasteiger partial charge in [0.2, 0.25) is 5.91 Å². The highest BCUT2D eigenvalue weighted by Gasteiger charge is 2.52. The maximum absolute atomic E-state index is 13.3. The van der Waals surface area contributed by atoms with Crippen molar-refractivity contribution in [3.63, 3.8) is 0 Å². The third-order valence-electron chi connectivity index (χ3n) is 8.40. The van der Waals surface area contributed by atoms with Crippen molar-refractivity contribution in [2.75, 3.05) is 0 Å². The lowest BCUT2D eigenvalue weighted by Gasteiger charge is -2.47. The Hall–Kier alpha value is -3.88. The van der Waals surface area contributed by atoms with E-state index < -0.39 is 24.1 Å². The van der Waals surface area contributed by atoms with Gasteiger partial charge in [-0.15, -0.1) is 0 Å². The van der Waals surface area contributed by atoms with Crippen LogP contribution in [0, 0.1) is 0 Å². The Morgan fingerprint density at radius 2 is 1.78 bits per heavy atom. The van der Waals surface area contributed by atoms with Gasteiger partial charge in [0.1, 0.15) is 12.3 Å². The van der Waals surface area contributed by atoms with Gasteiger partial charge in [0.05, 0.1) is 33.7 Å². The molecule has 5 aromatic rings. The molecule has 3 aromatic carbocycles. The number of nitrogens with one attached hydrogen (secondary N) is 2. The van der Waals surface area contributed by atoms with Crippen molar-refractivity contribution in [3.8, 4) is 0 Å². The van der Waals surface area contributed by atoms with Crippen LogP contribution in [0.3, 0.4) is 0 Å². The molecule has 3 N–H and O–H groups in total. The van der Waals surface area contributed by atoms with Crippen LogP contribution in [-0.4, -0.2) is 38.2 Å². The van der Waals surface area contributed by atoms with Crippen molar-refractivity contribution in [1.82, 2.24) is 19.8 Å². The summed E-state index contributed by atoms with van der Waals surface area (Å²) in [6, 6.07) is 15.7. The van der Waals surface area contributed by atoms with E-state index in [0.29, 0.717) is 13.0 Å². The number of amides is 2. The Kier molecular flexibility index (Phi) is 3.65. The molecular formula is C28H24N4O4. The van der Waals surface area contributed by atoms with E-state index in [9.17, 15) is 14.7 Å². The smallest absolute Gasteiger partial charge is 0.252 e. The summed E-state index contributed by atoms with van der Waals surface area (Å²) < 4.78 is 11.1. The van der Waals surface area contributed by atoms with E-state index in [1.807, 2.05) is 37.3 Å². The molecule has 1 unspecified atom stereocenters. The lowest BCUT2D eigenvalue weighted by Crippen LogP contribution is -2.60. The molecule has 1 fully saturated rings. The lowest BCUT2D eigenvalue weighted by atomic mass is 9.93. The minimum Gasteiger partial charge on any atom is -0.386 e. The van der Waals surface area contributed by atoms with E-state index in [1.54, 1.807) is 0 Å². The number of hydrogen-bond donors (Lipinski definition) is 3. The number of ether oxygens (including phenoxy) is 1. The summed E-state index contributed by atoms with van der Waals surface area (Å²) in [5, 5.41) is 21.7. The summed E-state index contributed by atoms with van der Waals surface area (Å²) in [7, 11) is 0. The molecule has 0 radical (unpaired) electrons. The molecule has 2 amide bonds. The predicted octanol–water partition coefficient (Wildman–Crippen LogP) is 3.62. The molecule has 3 aliphatic heterocycles. The van der Waals surface area contributed by atoms with Gasteiger partial charge in [-0.3, -0.25) is 9.59 Å². The zero-order chi connectivity index (χ0) is 24.5. The van der Waals surface area contributed by atoms with Crippen LogP contribution in [0.4, 0.5) is 0 Å². The quantitative estimate of drug-likeness (QED) is 0.341. The van der Waals surface area contributed by atoms with Crippen LogP contribution in [0.1, 0.15) is 42.4 Å². The molecule has 8 heteroatoms. The molecular weight excluding hydrogens is 456 g/mol. The van der Waals surface area contributed by atoms with Gasteiger partial charge in [0.15, 0.2) is 5.72 Å². The molecule has 180 valence electrons. The largest absolute Gasteiger partial charge is 0.386 e. The van der Waals surface area contributed by atoms with Crippen molar-refractivity contribution in [2.45, 2.75) is 50.9 Å². The molecule has 8 rings (SSSR count). The fraction of sp³-hybridized carbons (Fsp3) is 0.286. The van der Waals surface area contributed by atoms with Gasteiger partial charge in [-0.1, -0.05) is 36.4 Å². The maximum Gasteiger partial charge on any atom is 0.252 e. The monoisotopic (exact) mass is 480 g/mol. The van der Waals surface area contributed by atoms with Gasteiger partial charge in [0, 0.05) is 41.4 Å². The second-order valence-corrected chi connectivity index (χ2v) is 10.3. The van der Waals surface area contributed by atoms with Crippen LogP contribution in [0.15, 0.2) is 48.5 Å². The molecule has 0 saturated carbocycles. The summed E-state index contributed by atoms with van der Waals surface area (Å²) in [4.78, 5) is 25.4. The Labute approximate surface area is 205 Å². The zero-order valence-electron chi connectivity index (χ0n) is 19.8. The molecule has 3 aliphatic rings. The molecule has 2 bridgehead atoms. The number of aliphatic hydroxyl groups excluding tert-OH is 1. The number of aromatic nitrogens is 2. The number of aliphatic hydroxyl groups is 1. The highest BCUT2D eigenvalue weighted by Crippen LogP contribution is 2.53. The van der Waals surface area contributed by atoms with E-state index in [4.69, 9.17) is 4.74 Å². The average Bonchev–Trinajstić information content (AvgIpc) is 3.49. The number of carbonyl (C=O) groups is 2. The first kappa shape index (κ1) is 20.3. The Balaban J connectivity index is 1.67. The summed E-state index contributed by atoms with van der Waals surface area (Å²) in [6.45, 7) is 3.83. The highest BCUT2D eigenvalue weighted by atomic mass is 16.6. The van der Waals surface area contributed by atoms with Gasteiger partial charge >= 0.3 is 0 Å². The summed E-state index contributed by atoms with van der Waals surface area (Å²) >= 11 is 0. The highest BCUT2D eigenvalue weighted by molar-refractivity contribution is 6.31. The van der Waals surface area contributed by atoms with Gasteiger partial charge in [-0.05, 0) is 24.6 Å². The molecule has 1 saturated heterocycles. The first-order valence-electron chi connectivity index (χ1n) is 12.3. The van der Waals surface area contributed by atoms with Crippen molar-refractivity contribution in [2.24, 2.45) is 0 Å².